The van der Waals surface area contributed by atoms with Crippen molar-refractivity contribution in [3.8, 4) is 11.3 Å². The van der Waals surface area contributed by atoms with Crippen molar-refractivity contribution in [3.63, 3.8) is 0 Å². The number of benzene rings is 2. The molecule has 2 aromatic heterocycles. The first-order valence-corrected chi connectivity index (χ1v) is 9.98. The van der Waals surface area contributed by atoms with Crippen LogP contribution in [-0.2, 0) is 13.4 Å². The van der Waals surface area contributed by atoms with Crippen LogP contribution in [0.3, 0.4) is 0 Å². The number of rotatable bonds is 2. The predicted molar refractivity (Wildman–Crippen MR) is 124 cm³/mol. The second kappa shape index (κ2) is 6.99. The van der Waals surface area contributed by atoms with Crippen LogP contribution in [0.25, 0.3) is 38.0 Å². The van der Waals surface area contributed by atoms with E-state index in [1.165, 1.54) is 12.1 Å². The Labute approximate surface area is 185 Å². The summed E-state index contributed by atoms with van der Waals surface area (Å²) in [6.07, 6.45) is -1.60. The minimum absolute atomic E-state index is 0.145. The number of nitrogens with zero attached hydrogens (tertiary/aromatic N) is 2. The van der Waals surface area contributed by atoms with E-state index in [9.17, 15) is 0 Å². The minimum Gasteiger partial charge on any atom is -0.466 e. The highest BCUT2D eigenvalue weighted by Crippen LogP contribution is 2.41. The van der Waals surface area contributed by atoms with Crippen molar-refractivity contribution < 1.29 is 15.8 Å². The molecule has 152 valence electrons. The Kier molecular flexibility index (Phi) is 3.45. The van der Waals surface area contributed by atoms with Crippen LogP contribution >= 0.6 is 0 Å². The summed E-state index contributed by atoms with van der Waals surface area (Å²) in [6, 6.07) is 10.5. The number of aryl methyl sites for hydroxylation is 3. The van der Waals surface area contributed by atoms with E-state index in [-0.39, 0.29) is 16.8 Å². The maximum Gasteiger partial charge on any atom is 0.229 e. The molecule has 0 aliphatic heterocycles. The maximum absolute atomic E-state index is 8.84. The lowest BCUT2D eigenvalue weighted by Gasteiger charge is -2.18. The Morgan fingerprint density at radius 2 is 1.83 bits per heavy atom. The lowest BCUT2D eigenvalue weighted by molar-refractivity contribution is -0.666. The van der Waals surface area contributed by atoms with Crippen molar-refractivity contribution in [1.29, 1.82) is 0 Å². The van der Waals surface area contributed by atoms with Gasteiger partial charge in [-0.3, -0.25) is 0 Å². The van der Waals surface area contributed by atoms with E-state index in [1.54, 1.807) is 0 Å². The van der Waals surface area contributed by atoms with E-state index in [0.717, 1.165) is 22.5 Å². The molecular formula is C27H29N2O+. The van der Waals surface area contributed by atoms with Crippen LogP contribution in [0.4, 0.5) is 5.69 Å². The molecule has 0 aliphatic rings. The molecule has 3 nitrogen and oxygen atoms in total. The highest BCUT2D eigenvalue weighted by atomic mass is 16.3. The lowest BCUT2D eigenvalue weighted by atomic mass is 9.87. The number of fused-ring (bicyclic) bond motifs is 3. The van der Waals surface area contributed by atoms with Gasteiger partial charge in [-0.1, -0.05) is 45.0 Å². The highest BCUT2D eigenvalue weighted by Gasteiger charge is 2.25. The van der Waals surface area contributed by atoms with Crippen molar-refractivity contribution in [2.45, 2.75) is 47.8 Å². The average molecular weight is 403 g/mol. The third kappa shape index (κ3) is 3.27. The fourth-order valence-corrected chi connectivity index (χ4v) is 3.98. The molecule has 0 fully saturated rings. The van der Waals surface area contributed by atoms with Crippen LogP contribution in [0.1, 0.15) is 50.0 Å². The molecule has 0 atom stereocenters. The zero-order chi connectivity index (χ0) is 26.1. The lowest BCUT2D eigenvalue weighted by Crippen LogP contribution is -2.35. The number of aromatic nitrogens is 1. The van der Waals surface area contributed by atoms with E-state index >= 15 is 0 Å². The van der Waals surface area contributed by atoms with E-state index in [0.29, 0.717) is 21.9 Å². The largest absolute Gasteiger partial charge is 0.466 e. The zero-order valence-corrected chi connectivity index (χ0v) is 18.3. The first-order valence-electron chi connectivity index (χ1n) is 12.5. The summed E-state index contributed by atoms with van der Waals surface area (Å²) >= 11 is 0. The number of pyridine rings is 1. The zero-order valence-electron chi connectivity index (χ0n) is 23.3. The molecular weight excluding hydrogens is 368 g/mol. The number of hydrogen-bond acceptors (Lipinski definition) is 1. The summed E-state index contributed by atoms with van der Waals surface area (Å²) in [5.41, 5.74) is 4.38. The molecule has 4 rings (SSSR count). The Hall–Kier alpha value is -3.12. The summed E-state index contributed by atoms with van der Waals surface area (Å²) in [7, 11) is 1.92. The van der Waals surface area contributed by atoms with Gasteiger partial charge in [0.1, 0.15) is 18.2 Å². The highest BCUT2D eigenvalue weighted by molar-refractivity contribution is 6.14. The van der Waals surface area contributed by atoms with Crippen LogP contribution in [-0.4, -0.2) is 0 Å². The van der Waals surface area contributed by atoms with Gasteiger partial charge < -0.3 is 4.42 Å². The molecule has 0 saturated carbocycles. The molecule has 2 heterocycles. The van der Waals surface area contributed by atoms with Gasteiger partial charge in [-0.15, -0.1) is 0 Å². The van der Waals surface area contributed by atoms with Crippen molar-refractivity contribution in [3.05, 3.63) is 70.2 Å². The first kappa shape index (κ1) is 14.8. The molecule has 0 saturated heterocycles. The smallest absolute Gasteiger partial charge is 0.229 e. The molecule has 0 N–H and O–H groups in total. The van der Waals surface area contributed by atoms with Gasteiger partial charge in [-0.05, 0) is 42.3 Å². The predicted octanol–water partition coefficient (Wildman–Crippen LogP) is 7.14. The fourth-order valence-electron chi connectivity index (χ4n) is 3.98. The van der Waals surface area contributed by atoms with Crippen LogP contribution in [0.5, 0.6) is 0 Å². The second-order valence-corrected chi connectivity index (χ2v) is 8.89. The van der Waals surface area contributed by atoms with Gasteiger partial charge in [0.15, 0.2) is 5.69 Å². The third-order valence-corrected chi connectivity index (χ3v) is 5.42. The molecule has 0 radical (unpaired) electrons. The van der Waals surface area contributed by atoms with Crippen molar-refractivity contribution in [1.82, 2.24) is 0 Å². The Morgan fingerprint density at radius 1 is 1.10 bits per heavy atom. The summed E-state index contributed by atoms with van der Waals surface area (Å²) in [4.78, 5) is 3.56. The van der Waals surface area contributed by atoms with Gasteiger partial charge in [-0.2, -0.15) is 4.57 Å². The van der Waals surface area contributed by atoms with E-state index in [2.05, 4.69) is 4.85 Å². The topological polar surface area (TPSA) is 21.4 Å². The van der Waals surface area contributed by atoms with Gasteiger partial charge in [0, 0.05) is 36.7 Å². The number of hydrogen-bond donors (Lipinski definition) is 0. The summed E-state index contributed by atoms with van der Waals surface area (Å²) in [6.45, 7) is 14.7. The van der Waals surface area contributed by atoms with Crippen LogP contribution < -0.4 is 4.57 Å². The molecule has 0 amide bonds. The van der Waals surface area contributed by atoms with Gasteiger partial charge in [0.2, 0.25) is 11.4 Å². The Bertz CT molecular complexity index is 1530. The van der Waals surface area contributed by atoms with E-state index in [1.807, 2.05) is 70.5 Å². The Balaban J connectivity index is 2.16. The molecule has 30 heavy (non-hydrogen) atoms. The first-order chi connectivity index (χ1) is 16.1. The minimum atomic E-state index is -2.37. The fraction of sp³-hybridized carbons (Fsp3) is 0.333. The van der Waals surface area contributed by atoms with Gasteiger partial charge >= 0.3 is 0 Å². The molecule has 0 spiro atoms. The maximum atomic E-state index is 8.84. The molecule has 4 aromatic rings. The van der Waals surface area contributed by atoms with Crippen molar-refractivity contribution in [2.24, 2.45) is 12.5 Å². The van der Waals surface area contributed by atoms with Gasteiger partial charge in [0.05, 0.1) is 12.1 Å². The Morgan fingerprint density at radius 3 is 2.50 bits per heavy atom. The normalized spacial score (nSPS) is 15.3. The summed E-state index contributed by atoms with van der Waals surface area (Å²) in [5, 5.41) is 1.05. The van der Waals surface area contributed by atoms with Crippen molar-refractivity contribution in [2.75, 3.05) is 0 Å². The number of furan rings is 1. The van der Waals surface area contributed by atoms with Crippen molar-refractivity contribution >= 4 is 27.6 Å². The quantitative estimate of drug-likeness (QED) is 0.258. The monoisotopic (exact) mass is 402 g/mol. The van der Waals surface area contributed by atoms with Gasteiger partial charge in [-0.25, -0.2) is 4.85 Å². The SMILES string of the molecule is [2H]C([2H])([2H])c1ccc([N+]#[C-])c2oc3c(-c4cc(C([2H])([2H])C(C)(C)C)cc(C)[n+]4C)c(C)ccc3c12. The second-order valence-electron chi connectivity index (χ2n) is 8.89. The van der Waals surface area contributed by atoms with Crippen LogP contribution in [0.2, 0.25) is 0 Å². The molecule has 0 unspecified atom stereocenters. The van der Waals surface area contributed by atoms with E-state index in [4.69, 9.17) is 17.8 Å². The molecule has 0 aliphatic carbocycles. The molecule has 0 bridgehead atoms. The molecule has 3 heteroatoms. The van der Waals surface area contributed by atoms with Gasteiger partial charge in [0.25, 0.3) is 0 Å². The van der Waals surface area contributed by atoms with Crippen LogP contribution in [0.15, 0.2) is 40.8 Å². The summed E-state index contributed by atoms with van der Waals surface area (Å²) in [5.74, 6) is 0. The molecule has 2 aromatic carbocycles. The van der Waals surface area contributed by atoms with E-state index < -0.39 is 18.6 Å². The summed E-state index contributed by atoms with van der Waals surface area (Å²) < 4.78 is 50.1. The average Bonchev–Trinajstić information content (AvgIpc) is 3.13. The van der Waals surface area contributed by atoms with Crippen LogP contribution in [0, 0.1) is 32.7 Å². The standard InChI is InChI=1S/C27H29N2O/c1-16-10-12-21(28-7)26-23(16)20-11-9-17(2)24(25(20)30-26)22-14-19(15-27(4,5)6)13-18(3)29(22)8/h9-14H,15H2,1-6,8H3/q+1/i1D3,15D2. The third-order valence-electron chi connectivity index (χ3n) is 5.42.